The molecule has 34 heavy (non-hydrogen) atoms. The van der Waals surface area contributed by atoms with Gasteiger partial charge in [-0.25, -0.2) is 4.79 Å². The van der Waals surface area contributed by atoms with Crippen molar-refractivity contribution in [2.24, 2.45) is 5.73 Å². The molecular weight excluding hydrogens is 438 g/mol. The molecule has 1 aromatic heterocycles. The predicted octanol–water partition coefficient (Wildman–Crippen LogP) is 2.96. The van der Waals surface area contributed by atoms with Crippen LogP contribution in [0.5, 0.6) is 5.75 Å². The van der Waals surface area contributed by atoms with Crippen LogP contribution in [-0.4, -0.2) is 22.9 Å². The van der Waals surface area contributed by atoms with E-state index in [9.17, 15) is 20.0 Å². The summed E-state index contributed by atoms with van der Waals surface area (Å²) in [4.78, 5) is 26.5. The molecule has 0 bridgehead atoms. The van der Waals surface area contributed by atoms with Crippen molar-refractivity contribution >= 4 is 11.7 Å². The second-order valence-corrected chi connectivity index (χ2v) is 7.93. The summed E-state index contributed by atoms with van der Waals surface area (Å²) in [6.45, 7) is 2.20. The van der Waals surface area contributed by atoms with Crippen LogP contribution in [-0.2, 0) is 22.5 Å². The Hall–Kier alpha value is -4.08. The number of carbonyl (C=O) groups is 1. The number of hydrogen-bond acceptors (Lipinski definition) is 8. The fourth-order valence-electron chi connectivity index (χ4n) is 4.22. The first-order valence-corrected chi connectivity index (χ1v) is 10.6. The molecule has 0 amide bonds. The summed E-state index contributed by atoms with van der Waals surface area (Å²) in [5.74, 6) is -1.70. The molecule has 1 atom stereocenters. The minimum absolute atomic E-state index is 0.0573. The van der Waals surface area contributed by atoms with Crippen molar-refractivity contribution in [2.75, 3.05) is 12.3 Å². The van der Waals surface area contributed by atoms with Gasteiger partial charge in [0.05, 0.1) is 24.3 Å². The Balaban J connectivity index is 1.88. The second-order valence-electron chi connectivity index (χ2n) is 7.93. The van der Waals surface area contributed by atoms with Gasteiger partial charge < -0.3 is 30.2 Å². The normalized spacial score (nSPS) is 14.9. The highest BCUT2D eigenvalue weighted by Gasteiger charge is 2.38. The van der Waals surface area contributed by atoms with Crippen molar-refractivity contribution in [1.29, 1.82) is 0 Å². The van der Waals surface area contributed by atoms with Crippen LogP contribution in [0.3, 0.4) is 0 Å². The lowest BCUT2D eigenvalue weighted by Gasteiger charge is -2.30. The molecular formula is C25H24N3O6-. The number of rotatable bonds is 6. The van der Waals surface area contributed by atoms with Crippen molar-refractivity contribution < 1.29 is 19.5 Å². The maximum atomic E-state index is 13.8. The highest BCUT2D eigenvalue weighted by Crippen LogP contribution is 2.42. The number of aromatic nitrogens is 1. The molecule has 176 valence electrons. The molecule has 3 N–H and O–H groups in total. The third-order valence-corrected chi connectivity index (χ3v) is 5.87. The van der Waals surface area contributed by atoms with Gasteiger partial charge in [0.1, 0.15) is 11.3 Å². The molecule has 2 aromatic carbocycles. The number of ether oxygens (including phenoxy) is 2. The molecule has 9 nitrogen and oxygen atoms in total. The lowest BCUT2D eigenvalue weighted by molar-refractivity contribution is -0.136. The summed E-state index contributed by atoms with van der Waals surface area (Å²) in [5.41, 5.74) is 7.96. The van der Waals surface area contributed by atoms with Crippen molar-refractivity contribution in [3.05, 3.63) is 110 Å². The molecule has 4 rings (SSSR count). The first kappa shape index (κ1) is 23.1. The Bertz CT molecular complexity index is 1310. The molecule has 1 aliphatic rings. The SMILES string of the molecule is COC(=O)C1=C(N)Oc2cc(C)n(CCc3ccccc3)c(=O)c2[C@@H]1c1cccc(N([O-])O)c1. The molecule has 1 aliphatic heterocycles. The quantitative estimate of drug-likeness (QED) is 0.422. The average Bonchev–Trinajstić information content (AvgIpc) is 2.83. The van der Waals surface area contributed by atoms with Crippen LogP contribution < -0.4 is 21.3 Å². The molecule has 0 saturated heterocycles. The number of carbonyl (C=O) groups excluding carboxylic acids is 1. The summed E-state index contributed by atoms with van der Waals surface area (Å²) < 4.78 is 12.2. The summed E-state index contributed by atoms with van der Waals surface area (Å²) >= 11 is 0. The lowest BCUT2D eigenvalue weighted by atomic mass is 9.83. The van der Waals surface area contributed by atoms with Gasteiger partial charge in [0, 0.05) is 18.3 Å². The van der Waals surface area contributed by atoms with Gasteiger partial charge in [0.2, 0.25) is 5.88 Å². The number of aryl methyl sites for hydroxylation is 2. The first-order valence-electron chi connectivity index (χ1n) is 10.6. The van der Waals surface area contributed by atoms with Crippen molar-refractivity contribution in [3.8, 4) is 5.75 Å². The Morgan fingerprint density at radius 2 is 1.94 bits per heavy atom. The molecule has 0 unspecified atom stereocenters. The van der Waals surface area contributed by atoms with Gasteiger partial charge >= 0.3 is 5.97 Å². The van der Waals surface area contributed by atoms with Gasteiger partial charge in [-0.1, -0.05) is 42.5 Å². The minimum Gasteiger partial charge on any atom is -0.733 e. The van der Waals surface area contributed by atoms with E-state index in [4.69, 9.17) is 15.2 Å². The zero-order valence-corrected chi connectivity index (χ0v) is 18.7. The number of nitrogens with two attached hydrogens (primary N) is 1. The van der Waals surface area contributed by atoms with Crippen LogP contribution in [0.15, 0.2) is 76.9 Å². The smallest absolute Gasteiger partial charge is 0.340 e. The molecule has 0 spiro atoms. The van der Waals surface area contributed by atoms with Crippen molar-refractivity contribution in [3.63, 3.8) is 0 Å². The summed E-state index contributed by atoms with van der Waals surface area (Å²) in [7, 11) is 1.20. The van der Waals surface area contributed by atoms with Crippen molar-refractivity contribution in [2.45, 2.75) is 25.8 Å². The number of nitrogens with zero attached hydrogens (tertiary/aromatic N) is 2. The maximum absolute atomic E-state index is 13.8. The molecule has 0 aliphatic carbocycles. The largest absolute Gasteiger partial charge is 0.733 e. The van der Waals surface area contributed by atoms with Gasteiger partial charge in [0.25, 0.3) is 5.56 Å². The molecule has 9 heteroatoms. The highest BCUT2D eigenvalue weighted by molar-refractivity contribution is 5.92. The van der Waals surface area contributed by atoms with E-state index in [1.54, 1.807) is 23.6 Å². The van der Waals surface area contributed by atoms with E-state index >= 15 is 0 Å². The van der Waals surface area contributed by atoms with Gasteiger partial charge in [-0.15, -0.1) is 0 Å². The Morgan fingerprint density at radius 3 is 2.62 bits per heavy atom. The number of esters is 1. The van der Waals surface area contributed by atoms with Gasteiger partial charge in [0.15, 0.2) is 0 Å². The van der Waals surface area contributed by atoms with E-state index in [-0.39, 0.29) is 39.2 Å². The second kappa shape index (κ2) is 9.42. The zero-order chi connectivity index (χ0) is 24.4. The number of hydrogen-bond donors (Lipinski definition) is 2. The van der Waals surface area contributed by atoms with E-state index in [1.165, 1.54) is 25.3 Å². The lowest BCUT2D eigenvalue weighted by Crippen LogP contribution is -2.35. The number of pyridine rings is 1. The topological polar surface area (TPSA) is 130 Å². The van der Waals surface area contributed by atoms with E-state index in [1.807, 2.05) is 30.3 Å². The molecule has 3 aromatic rings. The number of methoxy groups -OCH3 is 1. The zero-order valence-electron chi connectivity index (χ0n) is 18.7. The Labute approximate surface area is 195 Å². The van der Waals surface area contributed by atoms with E-state index < -0.39 is 11.9 Å². The standard InChI is InChI=1S/C25H24N3O6/c1-15-13-19-21(24(29)27(15)12-11-16-7-4-3-5-8-16)20(22(23(26)34-19)25(30)33-2)17-9-6-10-18(14-17)28(31)32/h3-10,13-14,20,31H,11-12,26H2,1-2H3/q-1/t20-/m0/s1. The summed E-state index contributed by atoms with van der Waals surface area (Å²) in [6, 6.07) is 17.4. The number of anilines is 1. The third-order valence-electron chi connectivity index (χ3n) is 5.87. The molecule has 2 heterocycles. The number of benzene rings is 2. The van der Waals surface area contributed by atoms with Crippen LogP contribution in [0, 0.1) is 12.1 Å². The van der Waals surface area contributed by atoms with E-state index in [0.717, 1.165) is 5.56 Å². The third kappa shape index (κ3) is 4.26. The van der Waals surface area contributed by atoms with E-state index in [2.05, 4.69) is 0 Å². The average molecular weight is 462 g/mol. The van der Waals surface area contributed by atoms with Gasteiger partial charge in [-0.05, 0) is 36.6 Å². The molecule has 0 radical (unpaired) electrons. The molecule has 0 saturated carbocycles. The fourth-order valence-corrected chi connectivity index (χ4v) is 4.22. The van der Waals surface area contributed by atoms with Crippen LogP contribution in [0.1, 0.15) is 28.3 Å². The Morgan fingerprint density at radius 1 is 1.21 bits per heavy atom. The first-order chi connectivity index (χ1) is 16.3. The summed E-state index contributed by atoms with van der Waals surface area (Å²) in [6.07, 6.45) is 0.624. The predicted molar refractivity (Wildman–Crippen MR) is 125 cm³/mol. The maximum Gasteiger partial charge on any atom is 0.340 e. The monoisotopic (exact) mass is 462 g/mol. The van der Waals surface area contributed by atoms with Crippen LogP contribution >= 0.6 is 0 Å². The molecule has 0 fully saturated rings. The minimum atomic E-state index is -0.966. The van der Waals surface area contributed by atoms with E-state index in [0.29, 0.717) is 24.2 Å². The van der Waals surface area contributed by atoms with Crippen LogP contribution in [0.25, 0.3) is 0 Å². The van der Waals surface area contributed by atoms with Crippen LogP contribution in [0.4, 0.5) is 5.69 Å². The van der Waals surface area contributed by atoms with Crippen LogP contribution in [0.2, 0.25) is 0 Å². The summed E-state index contributed by atoms with van der Waals surface area (Å²) in [5, 5.41) is 20.6. The Kier molecular flexibility index (Phi) is 6.40. The van der Waals surface area contributed by atoms with Crippen molar-refractivity contribution in [1.82, 2.24) is 4.57 Å². The fraction of sp³-hybridized carbons (Fsp3) is 0.200. The van der Waals surface area contributed by atoms with Gasteiger partial charge in [-0.2, -0.15) is 0 Å². The van der Waals surface area contributed by atoms with Gasteiger partial charge in [-0.3, -0.25) is 10.0 Å². The highest BCUT2D eigenvalue weighted by atomic mass is 16.8. The number of fused-ring (bicyclic) bond motifs is 1.